The van der Waals surface area contributed by atoms with Crippen LogP contribution in [0.4, 0.5) is 0 Å². The molecule has 1 saturated heterocycles. The first-order chi connectivity index (χ1) is 7.59. The zero-order chi connectivity index (χ0) is 11.7. The Hall–Kier alpha value is -0.560. The molecule has 16 heavy (non-hydrogen) atoms. The van der Waals surface area contributed by atoms with E-state index in [1.807, 2.05) is 0 Å². The van der Waals surface area contributed by atoms with Gasteiger partial charge in [-0.3, -0.25) is 0 Å². The highest BCUT2D eigenvalue weighted by molar-refractivity contribution is 5.21. The highest BCUT2D eigenvalue weighted by Gasteiger charge is 2.48. The summed E-state index contributed by atoms with van der Waals surface area (Å²) in [5, 5.41) is 0. The van der Waals surface area contributed by atoms with Crippen LogP contribution >= 0.6 is 0 Å². The Labute approximate surface area is 99.6 Å². The molecule has 0 aromatic rings. The Balaban J connectivity index is 1.82. The molecule has 1 heterocycles. The molecule has 1 heteroatoms. The summed E-state index contributed by atoms with van der Waals surface area (Å²) >= 11 is 0. The predicted molar refractivity (Wildman–Crippen MR) is 68.4 cm³/mol. The fourth-order valence-corrected chi connectivity index (χ4v) is 2.79. The first kappa shape index (κ1) is 11.9. The predicted octanol–water partition coefficient (Wildman–Crippen LogP) is 4.10. The molecule has 1 aliphatic carbocycles. The van der Waals surface area contributed by atoms with E-state index < -0.39 is 0 Å². The van der Waals surface area contributed by atoms with E-state index in [1.54, 1.807) is 0 Å². The molecule has 0 N–H and O–H groups in total. The van der Waals surface area contributed by atoms with Gasteiger partial charge in [-0.25, -0.2) is 0 Å². The van der Waals surface area contributed by atoms with Crippen LogP contribution in [-0.2, 0) is 4.74 Å². The number of ether oxygens (including phenoxy) is 1. The van der Waals surface area contributed by atoms with Crippen LogP contribution in [0.15, 0.2) is 23.3 Å². The minimum absolute atomic E-state index is 0.477. The van der Waals surface area contributed by atoms with Gasteiger partial charge >= 0.3 is 0 Å². The van der Waals surface area contributed by atoms with Crippen molar-refractivity contribution in [2.45, 2.75) is 59.2 Å². The Morgan fingerprint density at radius 3 is 3.00 bits per heavy atom. The number of allylic oxidation sites excluding steroid dienone is 3. The standard InChI is InChI=1S/C15H24O/c1-10(2)6-5-7-11(3)13-9-8-12(4)14-15(13)16-14/h6,8,11,13-15H,5,7,9H2,1-4H3. The van der Waals surface area contributed by atoms with Gasteiger partial charge in [-0.2, -0.15) is 0 Å². The monoisotopic (exact) mass is 220 g/mol. The highest BCUT2D eigenvalue weighted by atomic mass is 16.6. The van der Waals surface area contributed by atoms with E-state index in [1.165, 1.54) is 30.4 Å². The molecule has 2 aliphatic rings. The molecule has 1 nitrogen and oxygen atoms in total. The summed E-state index contributed by atoms with van der Waals surface area (Å²) in [6, 6.07) is 0. The molecule has 1 aliphatic heterocycles. The van der Waals surface area contributed by atoms with Crippen molar-refractivity contribution in [1.82, 2.24) is 0 Å². The number of hydrogen-bond donors (Lipinski definition) is 0. The SMILES string of the molecule is CC(C)=CCCC(C)C1CC=C(C)C2OC21. The first-order valence-electron chi connectivity index (χ1n) is 6.55. The maximum atomic E-state index is 5.77. The summed E-state index contributed by atoms with van der Waals surface area (Å²) in [5.74, 6) is 1.55. The van der Waals surface area contributed by atoms with Gasteiger partial charge < -0.3 is 4.74 Å². The van der Waals surface area contributed by atoms with E-state index in [-0.39, 0.29) is 0 Å². The summed E-state index contributed by atoms with van der Waals surface area (Å²) in [7, 11) is 0. The lowest BCUT2D eigenvalue weighted by Crippen LogP contribution is -2.22. The number of epoxide rings is 1. The number of fused-ring (bicyclic) bond motifs is 1. The molecule has 4 atom stereocenters. The number of rotatable bonds is 4. The maximum absolute atomic E-state index is 5.77. The van der Waals surface area contributed by atoms with Gasteiger partial charge in [0, 0.05) is 0 Å². The summed E-state index contributed by atoms with van der Waals surface area (Å²) in [6.07, 6.45) is 9.51. The zero-order valence-corrected chi connectivity index (χ0v) is 11.0. The van der Waals surface area contributed by atoms with Gasteiger partial charge in [-0.05, 0) is 57.4 Å². The van der Waals surface area contributed by atoms with Gasteiger partial charge in [0.15, 0.2) is 0 Å². The molecule has 1 fully saturated rings. The van der Waals surface area contributed by atoms with Crippen LogP contribution in [-0.4, -0.2) is 12.2 Å². The van der Waals surface area contributed by atoms with Gasteiger partial charge in [0.1, 0.15) is 6.10 Å². The van der Waals surface area contributed by atoms with Crippen molar-refractivity contribution in [1.29, 1.82) is 0 Å². The van der Waals surface area contributed by atoms with Crippen molar-refractivity contribution < 1.29 is 4.74 Å². The van der Waals surface area contributed by atoms with Crippen molar-refractivity contribution in [3.63, 3.8) is 0 Å². The molecule has 0 spiro atoms. The van der Waals surface area contributed by atoms with Gasteiger partial charge in [0.2, 0.25) is 0 Å². The van der Waals surface area contributed by atoms with Gasteiger partial charge in [-0.1, -0.05) is 24.6 Å². The molecule has 0 saturated carbocycles. The summed E-state index contributed by atoms with van der Waals surface area (Å²) in [5.41, 5.74) is 2.89. The van der Waals surface area contributed by atoms with E-state index in [9.17, 15) is 0 Å². The van der Waals surface area contributed by atoms with E-state index in [0.717, 1.165) is 11.8 Å². The molecule has 0 radical (unpaired) electrons. The van der Waals surface area contributed by atoms with Crippen molar-refractivity contribution >= 4 is 0 Å². The quantitative estimate of drug-likeness (QED) is 0.513. The molecule has 0 bridgehead atoms. The first-order valence-corrected chi connectivity index (χ1v) is 6.55. The highest BCUT2D eigenvalue weighted by Crippen LogP contribution is 2.44. The van der Waals surface area contributed by atoms with Crippen LogP contribution in [0.5, 0.6) is 0 Å². The summed E-state index contributed by atoms with van der Waals surface area (Å²) in [4.78, 5) is 0. The Bertz CT molecular complexity index is 309. The summed E-state index contributed by atoms with van der Waals surface area (Å²) in [6.45, 7) is 8.94. The fourth-order valence-electron chi connectivity index (χ4n) is 2.79. The molecule has 2 rings (SSSR count). The molecular formula is C15H24O. The third-order valence-electron chi connectivity index (χ3n) is 4.01. The largest absolute Gasteiger partial charge is 0.365 e. The zero-order valence-electron chi connectivity index (χ0n) is 11.0. The van der Waals surface area contributed by atoms with Crippen LogP contribution in [0.3, 0.4) is 0 Å². The van der Waals surface area contributed by atoms with Crippen molar-refractivity contribution in [3.05, 3.63) is 23.3 Å². The number of hydrogen-bond acceptors (Lipinski definition) is 1. The Morgan fingerprint density at radius 1 is 1.56 bits per heavy atom. The van der Waals surface area contributed by atoms with E-state index in [2.05, 4.69) is 39.8 Å². The fraction of sp³-hybridized carbons (Fsp3) is 0.733. The van der Waals surface area contributed by atoms with Crippen molar-refractivity contribution in [2.75, 3.05) is 0 Å². The van der Waals surface area contributed by atoms with Crippen LogP contribution in [0, 0.1) is 11.8 Å². The molecule has 90 valence electrons. The van der Waals surface area contributed by atoms with Gasteiger partial charge in [-0.15, -0.1) is 0 Å². The maximum Gasteiger partial charge on any atom is 0.105 e. The van der Waals surface area contributed by atoms with Crippen molar-refractivity contribution in [3.8, 4) is 0 Å². The second-order valence-corrected chi connectivity index (χ2v) is 5.71. The molecule has 0 aromatic carbocycles. The molecule has 0 amide bonds. The lowest BCUT2D eigenvalue weighted by atomic mass is 9.80. The minimum Gasteiger partial charge on any atom is -0.365 e. The minimum atomic E-state index is 0.477. The van der Waals surface area contributed by atoms with Gasteiger partial charge in [0.05, 0.1) is 6.10 Å². The van der Waals surface area contributed by atoms with Crippen LogP contribution in [0.25, 0.3) is 0 Å². The lowest BCUT2D eigenvalue weighted by molar-refractivity contribution is 0.253. The third kappa shape index (κ3) is 2.57. The molecule has 4 unspecified atom stereocenters. The Morgan fingerprint density at radius 2 is 2.31 bits per heavy atom. The normalized spacial score (nSPS) is 33.8. The summed E-state index contributed by atoms with van der Waals surface area (Å²) < 4.78 is 5.77. The smallest absolute Gasteiger partial charge is 0.105 e. The Kier molecular flexibility index (Phi) is 3.53. The van der Waals surface area contributed by atoms with Crippen molar-refractivity contribution in [2.24, 2.45) is 11.8 Å². The van der Waals surface area contributed by atoms with Crippen LogP contribution in [0.1, 0.15) is 47.0 Å². The van der Waals surface area contributed by atoms with Crippen LogP contribution in [0.2, 0.25) is 0 Å². The average molecular weight is 220 g/mol. The van der Waals surface area contributed by atoms with E-state index >= 15 is 0 Å². The van der Waals surface area contributed by atoms with Crippen LogP contribution < -0.4 is 0 Å². The molecular weight excluding hydrogens is 196 g/mol. The van der Waals surface area contributed by atoms with E-state index in [0.29, 0.717) is 12.2 Å². The van der Waals surface area contributed by atoms with E-state index in [4.69, 9.17) is 4.74 Å². The third-order valence-corrected chi connectivity index (χ3v) is 4.01. The topological polar surface area (TPSA) is 12.5 Å². The second kappa shape index (κ2) is 4.75. The average Bonchev–Trinajstić information content (AvgIpc) is 2.97. The van der Waals surface area contributed by atoms with Gasteiger partial charge in [0.25, 0.3) is 0 Å². The second-order valence-electron chi connectivity index (χ2n) is 5.71. The molecule has 0 aromatic heterocycles. The lowest BCUT2D eigenvalue weighted by Gasteiger charge is -2.23.